The van der Waals surface area contributed by atoms with Gasteiger partial charge in [0.05, 0.1) is 26.0 Å². The fraction of sp³-hybridized carbons (Fsp3) is 0.500. The van der Waals surface area contributed by atoms with Gasteiger partial charge in [-0.25, -0.2) is 9.50 Å². The first-order valence-electron chi connectivity index (χ1n) is 13.2. The molecule has 2 aliphatic heterocycles. The smallest absolute Gasteiger partial charge is 0.197 e. The van der Waals surface area contributed by atoms with Crippen LogP contribution in [-0.2, 0) is 4.74 Å². The van der Waals surface area contributed by atoms with Crippen molar-refractivity contribution in [2.45, 2.75) is 44.6 Å². The number of hydrogen-bond donors (Lipinski definition) is 2. The van der Waals surface area contributed by atoms with Gasteiger partial charge in [-0.3, -0.25) is 0 Å². The molecule has 0 saturated carbocycles. The molecule has 2 fully saturated rings. The molecule has 0 spiro atoms. The maximum atomic E-state index is 5.64. The molecule has 8 heteroatoms. The van der Waals surface area contributed by atoms with Crippen LogP contribution >= 0.6 is 0 Å². The normalized spacial score (nSPS) is 20.1. The van der Waals surface area contributed by atoms with Gasteiger partial charge in [0.1, 0.15) is 6.33 Å². The average molecular weight is 489 g/mol. The number of hydrogen-bond acceptors (Lipinski definition) is 6. The van der Waals surface area contributed by atoms with Crippen molar-refractivity contribution in [2.24, 2.45) is 0 Å². The lowest BCUT2D eigenvalue weighted by Crippen LogP contribution is -2.49. The Kier molecular flexibility index (Phi) is 6.41. The van der Waals surface area contributed by atoms with Gasteiger partial charge in [-0.05, 0) is 67.1 Å². The molecule has 190 valence electrons. The van der Waals surface area contributed by atoms with Crippen LogP contribution in [0.4, 0.5) is 0 Å². The van der Waals surface area contributed by atoms with E-state index in [-0.39, 0.29) is 0 Å². The summed E-state index contributed by atoms with van der Waals surface area (Å²) in [5.74, 6) is 1.69. The Bertz CT molecular complexity index is 1350. The highest BCUT2D eigenvalue weighted by molar-refractivity contribution is 5.92. The molecule has 8 nitrogen and oxygen atoms in total. The van der Waals surface area contributed by atoms with Crippen molar-refractivity contribution in [2.75, 3.05) is 46.5 Å². The van der Waals surface area contributed by atoms with E-state index in [1.54, 1.807) is 18.0 Å². The van der Waals surface area contributed by atoms with Crippen molar-refractivity contribution in [3.63, 3.8) is 0 Å². The minimum Gasteiger partial charge on any atom is -0.493 e. The number of fused-ring (bicyclic) bond motifs is 2. The molecule has 2 N–H and O–H groups in total. The number of aromatic amines is 1. The van der Waals surface area contributed by atoms with E-state index in [1.807, 2.05) is 6.20 Å². The Morgan fingerprint density at radius 3 is 2.81 bits per heavy atom. The van der Waals surface area contributed by atoms with Gasteiger partial charge < -0.3 is 24.7 Å². The van der Waals surface area contributed by atoms with Crippen molar-refractivity contribution in [3.05, 3.63) is 47.9 Å². The molecule has 3 aromatic heterocycles. The van der Waals surface area contributed by atoms with Gasteiger partial charge in [-0.1, -0.05) is 19.9 Å². The zero-order chi connectivity index (χ0) is 24.6. The Morgan fingerprint density at radius 1 is 1.19 bits per heavy atom. The number of nitrogens with zero attached hydrogens (tertiary/aromatic N) is 4. The van der Waals surface area contributed by atoms with Crippen molar-refractivity contribution >= 4 is 16.6 Å². The summed E-state index contributed by atoms with van der Waals surface area (Å²) in [7, 11) is 1.68. The third kappa shape index (κ3) is 4.38. The molecule has 1 aromatic carbocycles. The highest BCUT2D eigenvalue weighted by atomic mass is 16.5. The second-order valence-corrected chi connectivity index (χ2v) is 10.5. The summed E-state index contributed by atoms with van der Waals surface area (Å²) in [5, 5.41) is 9.27. The molecule has 0 aliphatic carbocycles. The van der Waals surface area contributed by atoms with E-state index in [2.05, 4.69) is 63.4 Å². The minimum absolute atomic E-state index is 0.369. The van der Waals surface area contributed by atoms with E-state index in [1.165, 1.54) is 34.9 Å². The first kappa shape index (κ1) is 23.5. The summed E-state index contributed by atoms with van der Waals surface area (Å²) in [5.41, 5.74) is 6.89. The molecule has 2 saturated heterocycles. The van der Waals surface area contributed by atoms with Gasteiger partial charge >= 0.3 is 0 Å². The van der Waals surface area contributed by atoms with Crippen LogP contribution in [-0.4, -0.2) is 77.0 Å². The summed E-state index contributed by atoms with van der Waals surface area (Å²) in [4.78, 5) is 10.6. The molecule has 2 aliphatic rings. The predicted octanol–water partition coefficient (Wildman–Crippen LogP) is 4.18. The molecule has 1 unspecified atom stereocenters. The van der Waals surface area contributed by atoms with E-state index in [0.29, 0.717) is 17.9 Å². The average Bonchev–Trinajstić information content (AvgIpc) is 3.53. The molecule has 4 aromatic rings. The van der Waals surface area contributed by atoms with Gasteiger partial charge in [0.2, 0.25) is 0 Å². The number of piperidine rings is 1. The van der Waals surface area contributed by atoms with Crippen molar-refractivity contribution in [1.29, 1.82) is 0 Å². The van der Waals surface area contributed by atoms with Crippen LogP contribution in [0.2, 0.25) is 0 Å². The van der Waals surface area contributed by atoms with Crippen LogP contribution in [0.25, 0.3) is 27.8 Å². The first-order chi connectivity index (χ1) is 17.6. The number of H-pyrrole nitrogens is 1. The lowest BCUT2D eigenvalue weighted by Gasteiger charge is -2.35. The zero-order valence-corrected chi connectivity index (χ0v) is 21.5. The van der Waals surface area contributed by atoms with Crippen LogP contribution in [0.3, 0.4) is 0 Å². The molecule has 0 bridgehead atoms. The van der Waals surface area contributed by atoms with E-state index in [9.17, 15) is 0 Å². The van der Waals surface area contributed by atoms with Gasteiger partial charge in [-0.2, -0.15) is 5.10 Å². The van der Waals surface area contributed by atoms with Crippen LogP contribution in [0, 0.1) is 0 Å². The molecular weight excluding hydrogens is 452 g/mol. The SMILES string of the molecule is COc1cc(-c2[nH]c3ccc(C4CCN(CC5COCCN5)CC4)cc3c2C(C)C)cn2ncnc12. The first-order valence-corrected chi connectivity index (χ1v) is 13.2. The van der Waals surface area contributed by atoms with E-state index in [0.717, 1.165) is 62.0 Å². The van der Waals surface area contributed by atoms with E-state index >= 15 is 0 Å². The molecule has 36 heavy (non-hydrogen) atoms. The van der Waals surface area contributed by atoms with Gasteiger partial charge in [0.25, 0.3) is 0 Å². The van der Waals surface area contributed by atoms with Crippen molar-refractivity contribution in [3.8, 4) is 17.0 Å². The van der Waals surface area contributed by atoms with Crippen LogP contribution in [0.15, 0.2) is 36.8 Å². The number of nitrogens with one attached hydrogen (secondary N) is 2. The molecule has 5 heterocycles. The lowest BCUT2D eigenvalue weighted by atomic mass is 9.87. The molecule has 1 atom stereocenters. The molecular formula is C28H36N6O2. The standard InChI is InChI=1S/C28H36N6O2/c1-18(2)26-23-12-20(19-6-9-33(10-7-19)15-22-16-36-11-8-29-22)4-5-24(23)32-27(26)21-13-25(35-3)28-30-17-31-34(28)14-21/h4-5,12-14,17-19,22,29,32H,6-11,15-16H2,1-3H3. The summed E-state index contributed by atoms with van der Waals surface area (Å²) in [6, 6.07) is 9.55. The number of rotatable bonds is 6. The molecule has 6 rings (SSSR count). The monoisotopic (exact) mass is 488 g/mol. The third-order valence-corrected chi connectivity index (χ3v) is 7.83. The van der Waals surface area contributed by atoms with E-state index < -0.39 is 0 Å². The van der Waals surface area contributed by atoms with Crippen LogP contribution in [0.1, 0.15) is 49.7 Å². The largest absolute Gasteiger partial charge is 0.493 e. The quantitative estimate of drug-likeness (QED) is 0.424. The molecule has 0 amide bonds. The topological polar surface area (TPSA) is 79.7 Å². The van der Waals surface area contributed by atoms with Crippen molar-refractivity contribution in [1.82, 2.24) is 29.8 Å². The lowest BCUT2D eigenvalue weighted by molar-refractivity contribution is 0.0578. The van der Waals surface area contributed by atoms with Crippen LogP contribution < -0.4 is 10.1 Å². The summed E-state index contributed by atoms with van der Waals surface area (Å²) >= 11 is 0. The number of methoxy groups -OCH3 is 1. The maximum Gasteiger partial charge on any atom is 0.197 e. The van der Waals surface area contributed by atoms with Gasteiger partial charge in [0, 0.05) is 41.8 Å². The second-order valence-electron chi connectivity index (χ2n) is 10.5. The van der Waals surface area contributed by atoms with Crippen LogP contribution in [0.5, 0.6) is 5.75 Å². The summed E-state index contributed by atoms with van der Waals surface area (Å²) < 4.78 is 13.1. The fourth-order valence-electron chi connectivity index (χ4n) is 5.99. The predicted molar refractivity (Wildman–Crippen MR) is 142 cm³/mol. The van der Waals surface area contributed by atoms with Gasteiger partial charge in [-0.15, -0.1) is 0 Å². The highest BCUT2D eigenvalue weighted by Gasteiger charge is 2.25. The number of likely N-dealkylation sites (tertiary alicyclic amines) is 1. The zero-order valence-electron chi connectivity index (χ0n) is 21.5. The third-order valence-electron chi connectivity index (χ3n) is 7.83. The Morgan fingerprint density at radius 2 is 2.06 bits per heavy atom. The Labute approximate surface area is 212 Å². The summed E-state index contributed by atoms with van der Waals surface area (Å²) in [6.07, 6.45) is 6.00. The molecule has 0 radical (unpaired) electrons. The fourth-order valence-corrected chi connectivity index (χ4v) is 5.99. The minimum atomic E-state index is 0.369. The number of benzene rings is 1. The number of ether oxygens (including phenoxy) is 2. The number of aromatic nitrogens is 4. The van der Waals surface area contributed by atoms with E-state index in [4.69, 9.17) is 9.47 Å². The number of pyridine rings is 1. The Hall–Kier alpha value is -2.94. The van der Waals surface area contributed by atoms with Gasteiger partial charge in [0.15, 0.2) is 11.4 Å². The summed E-state index contributed by atoms with van der Waals surface area (Å²) in [6.45, 7) is 10.6. The number of morpholine rings is 1. The second kappa shape index (κ2) is 9.84. The van der Waals surface area contributed by atoms with Crippen molar-refractivity contribution < 1.29 is 9.47 Å². The maximum absolute atomic E-state index is 5.64. The Balaban J connectivity index is 1.27. The highest BCUT2D eigenvalue weighted by Crippen LogP contribution is 2.39.